The van der Waals surface area contributed by atoms with E-state index in [0.29, 0.717) is 6.42 Å². The van der Waals surface area contributed by atoms with Crippen LogP contribution in [0.25, 0.3) is 11.1 Å². The zero-order valence-corrected chi connectivity index (χ0v) is 20.3. The van der Waals surface area contributed by atoms with E-state index in [9.17, 15) is 19.5 Å². The molecule has 1 fully saturated rings. The van der Waals surface area contributed by atoms with Gasteiger partial charge in [0.05, 0.1) is 19.3 Å². The normalized spacial score (nSPS) is 21.2. The molecule has 2 aliphatic rings. The third-order valence-corrected chi connectivity index (χ3v) is 7.23. The van der Waals surface area contributed by atoms with Gasteiger partial charge in [0.2, 0.25) is 5.91 Å². The maximum atomic E-state index is 12.8. The second-order valence-electron chi connectivity index (χ2n) is 10.2. The van der Waals surface area contributed by atoms with E-state index in [0.717, 1.165) is 22.3 Å². The van der Waals surface area contributed by atoms with Crippen molar-refractivity contribution in [3.63, 3.8) is 0 Å². The summed E-state index contributed by atoms with van der Waals surface area (Å²) in [6, 6.07) is 15.7. The molecule has 2 atom stereocenters. The topological polar surface area (TPSA) is 114 Å². The number of carboxylic acid groups (broad SMARTS) is 1. The molecule has 2 amide bonds. The predicted octanol–water partition coefficient (Wildman–Crippen LogP) is 3.55. The van der Waals surface area contributed by atoms with Crippen molar-refractivity contribution >= 4 is 18.0 Å². The van der Waals surface area contributed by atoms with Gasteiger partial charge in [-0.05, 0) is 35.6 Å². The van der Waals surface area contributed by atoms with Crippen molar-refractivity contribution in [1.82, 2.24) is 10.6 Å². The minimum absolute atomic E-state index is 0.0208. The number of alkyl carbamates (subject to hydrolysis) is 1. The van der Waals surface area contributed by atoms with Gasteiger partial charge in [0.25, 0.3) is 0 Å². The highest BCUT2D eigenvalue weighted by atomic mass is 16.5. The van der Waals surface area contributed by atoms with Crippen LogP contribution in [0.15, 0.2) is 48.5 Å². The van der Waals surface area contributed by atoms with Crippen LogP contribution >= 0.6 is 0 Å². The van der Waals surface area contributed by atoms with Crippen LogP contribution in [0.1, 0.15) is 44.2 Å². The summed E-state index contributed by atoms with van der Waals surface area (Å²) in [4.78, 5) is 36.9. The van der Waals surface area contributed by atoms with Crippen LogP contribution < -0.4 is 10.6 Å². The number of rotatable bonds is 8. The largest absolute Gasteiger partial charge is 0.481 e. The molecule has 2 unspecified atom stereocenters. The molecule has 0 radical (unpaired) electrons. The predicted molar refractivity (Wildman–Crippen MR) is 130 cm³/mol. The Morgan fingerprint density at radius 3 is 2.29 bits per heavy atom. The molecule has 0 aromatic heterocycles. The van der Waals surface area contributed by atoms with Crippen LogP contribution in [-0.2, 0) is 19.1 Å². The monoisotopic (exact) mass is 480 g/mol. The van der Waals surface area contributed by atoms with Crippen LogP contribution in [0.3, 0.4) is 0 Å². The molecular formula is C27H32N2O6. The van der Waals surface area contributed by atoms with E-state index in [1.54, 1.807) is 20.8 Å². The number of nitrogens with one attached hydrogen (secondary N) is 2. The van der Waals surface area contributed by atoms with Gasteiger partial charge in [-0.1, -0.05) is 62.4 Å². The lowest BCUT2D eigenvalue weighted by atomic mass is 9.83. The highest BCUT2D eigenvalue weighted by Gasteiger charge is 2.48. The molecule has 2 aromatic rings. The average molecular weight is 481 g/mol. The molecule has 1 aliphatic heterocycles. The van der Waals surface area contributed by atoms with E-state index >= 15 is 0 Å². The van der Waals surface area contributed by atoms with Crippen molar-refractivity contribution in [2.24, 2.45) is 10.8 Å². The number of carbonyl (C=O) groups excluding carboxylic acids is 2. The van der Waals surface area contributed by atoms with E-state index in [2.05, 4.69) is 34.9 Å². The summed E-state index contributed by atoms with van der Waals surface area (Å²) < 4.78 is 10.8. The van der Waals surface area contributed by atoms with Crippen molar-refractivity contribution in [3.8, 4) is 11.1 Å². The smallest absolute Gasteiger partial charge is 0.407 e. The number of benzene rings is 2. The maximum absolute atomic E-state index is 12.8. The summed E-state index contributed by atoms with van der Waals surface area (Å²) in [6.07, 6.45) is -0.175. The first-order chi connectivity index (χ1) is 16.6. The first-order valence-corrected chi connectivity index (χ1v) is 11.8. The summed E-state index contributed by atoms with van der Waals surface area (Å²) in [5.74, 6) is -1.31. The van der Waals surface area contributed by atoms with Gasteiger partial charge in [-0.2, -0.15) is 0 Å². The number of fused-ring (bicyclic) bond motifs is 3. The number of aliphatic carboxylic acids is 1. The molecule has 1 aliphatic carbocycles. The molecule has 1 saturated heterocycles. The van der Waals surface area contributed by atoms with Gasteiger partial charge in [0.15, 0.2) is 0 Å². The maximum Gasteiger partial charge on any atom is 0.407 e. The van der Waals surface area contributed by atoms with Gasteiger partial charge in [-0.3, -0.25) is 9.59 Å². The molecule has 3 N–H and O–H groups in total. The Labute approximate surface area is 205 Å². The van der Waals surface area contributed by atoms with E-state index in [1.807, 2.05) is 24.3 Å². The number of hydrogen-bond donors (Lipinski definition) is 3. The zero-order chi connectivity index (χ0) is 25.2. The van der Waals surface area contributed by atoms with Crippen molar-refractivity contribution < 1.29 is 29.0 Å². The Hall–Kier alpha value is -3.39. The first kappa shape index (κ1) is 24.7. The van der Waals surface area contributed by atoms with Crippen molar-refractivity contribution in [3.05, 3.63) is 59.7 Å². The Morgan fingerprint density at radius 1 is 1.09 bits per heavy atom. The molecule has 0 saturated carbocycles. The summed E-state index contributed by atoms with van der Waals surface area (Å²) in [5.41, 5.74) is 2.63. The van der Waals surface area contributed by atoms with Gasteiger partial charge in [0.1, 0.15) is 12.0 Å². The minimum Gasteiger partial charge on any atom is -0.481 e. The summed E-state index contributed by atoms with van der Waals surface area (Å²) in [6.45, 7) is 5.76. The van der Waals surface area contributed by atoms with Crippen LogP contribution in [-0.4, -0.2) is 55.5 Å². The summed E-state index contributed by atoms with van der Waals surface area (Å²) >= 11 is 0. The lowest BCUT2D eigenvalue weighted by molar-refractivity contribution is -0.149. The lowest BCUT2D eigenvalue weighted by Gasteiger charge is -2.30. The molecule has 0 bridgehead atoms. The third kappa shape index (κ3) is 4.89. The number of ether oxygens (including phenoxy) is 2. The number of carboxylic acids is 1. The third-order valence-electron chi connectivity index (χ3n) is 7.23. The Balaban J connectivity index is 1.27. The van der Waals surface area contributed by atoms with Gasteiger partial charge in [-0.15, -0.1) is 0 Å². The summed E-state index contributed by atoms with van der Waals surface area (Å²) in [7, 11) is 0. The molecule has 8 heteroatoms. The lowest BCUT2D eigenvalue weighted by Crippen LogP contribution is -2.53. The van der Waals surface area contributed by atoms with Crippen molar-refractivity contribution in [2.75, 3.05) is 26.4 Å². The van der Waals surface area contributed by atoms with Crippen LogP contribution in [0.4, 0.5) is 4.79 Å². The Kier molecular flexibility index (Phi) is 6.85. The molecule has 1 heterocycles. The average Bonchev–Trinajstić information content (AvgIpc) is 3.36. The van der Waals surface area contributed by atoms with Gasteiger partial charge in [-0.25, -0.2) is 4.79 Å². The fraction of sp³-hybridized carbons (Fsp3) is 0.444. The van der Waals surface area contributed by atoms with Crippen LogP contribution in [0.2, 0.25) is 0 Å². The van der Waals surface area contributed by atoms with E-state index in [-0.39, 0.29) is 38.2 Å². The van der Waals surface area contributed by atoms with Crippen LogP contribution in [0.5, 0.6) is 0 Å². The number of amides is 2. The highest BCUT2D eigenvalue weighted by molar-refractivity contribution is 5.84. The highest BCUT2D eigenvalue weighted by Crippen LogP contribution is 2.44. The molecular weight excluding hydrogens is 448 g/mol. The number of hydrogen-bond acceptors (Lipinski definition) is 5. The SMILES string of the molecule is CC(C)(CCNC(=O)OCC1c2ccccc2-c2ccccc21)C(=O)NC1COCC1(C)C(=O)O. The van der Waals surface area contributed by atoms with E-state index in [4.69, 9.17) is 9.47 Å². The van der Waals surface area contributed by atoms with Gasteiger partial charge < -0.3 is 25.2 Å². The van der Waals surface area contributed by atoms with Gasteiger partial charge in [0, 0.05) is 17.9 Å². The molecule has 35 heavy (non-hydrogen) atoms. The van der Waals surface area contributed by atoms with E-state index in [1.165, 1.54) is 0 Å². The fourth-order valence-corrected chi connectivity index (χ4v) is 4.68. The fourth-order valence-electron chi connectivity index (χ4n) is 4.68. The Morgan fingerprint density at radius 2 is 1.69 bits per heavy atom. The second kappa shape index (κ2) is 9.70. The quantitative estimate of drug-likeness (QED) is 0.533. The van der Waals surface area contributed by atoms with Crippen LogP contribution in [0, 0.1) is 10.8 Å². The summed E-state index contributed by atoms with van der Waals surface area (Å²) in [5, 5.41) is 15.1. The second-order valence-corrected chi connectivity index (χ2v) is 10.2. The molecule has 186 valence electrons. The molecule has 0 spiro atoms. The number of carbonyl (C=O) groups is 3. The van der Waals surface area contributed by atoms with E-state index < -0.39 is 28.9 Å². The minimum atomic E-state index is -1.16. The zero-order valence-electron chi connectivity index (χ0n) is 20.3. The first-order valence-electron chi connectivity index (χ1n) is 11.8. The van der Waals surface area contributed by atoms with Crippen molar-refractivity contribution in [2.45, 2.75) is 39.2 Å². The van der Waals surface area contributed by atoms with Gasteiger partial charge >= 0.3 is 12.1 Å². The Bertz CT molecular complexity index is 1080. The molecule has 2 aromatic carbocycles. The molecule has 4 rings (SSSR count). The molecule has 8 nitrogen and oxygen atoms in total. The van der Waals surface area contributed by atoms with Crippen molar-refractivity contribution in [1.29, 1.82) is 0 Å². The standard InChI is InChI=1S/C27H32N2O6/c1-26(2,23(30)29-22-15-34-16-27(22,3)24(31)32)12-13-28-25(33)35-14-21-19-10-6-4-8-17(19)18-9-5-7-11-20(18)21/h4-11,21-22H,12-16H2,1-3H3,(H,28,33)(H,29,30)(H,31,32).